The number of nitrogens with zero attached hydrogens (tertiary/aromatic N) is 2. The average Bonchev–Trinajstić information content (AvgIpc) is 2.17. The van der Waals surface area contributed by atoms with E-state index in [9.17, 15) is 9.90 Å². The average molecular weight is 186 g/mol. The van der Waals surface area contributed by atoms with E-state index in [4.69, 9.17) is 0 Å². The fourth-order valence-electron chi connectivity index (χ4n) is 1.43. The van der Waals surface area contributed by atoms with Crippen LogP contribution in [-0.2, 0) is 0 Å². The van der Waals surface area contributed by atoms with E-state index < -0.39 is 0 Å². The van der Waals surface area contributed by atoms with Crippen molar-refractivity contribution in [1.29, 1.82) is 0 Å². The van der Waals surface area contributed by atoms with Crippen LogP contribution in [0.4, 0.5) is 4.79 Å². The summed E-state index contributed by atoms with van der Waals surface area (Å²) in [5.74, 6) is 0. The van der Waals surface area contributed by atoms with E-state index >= 15 is 0 Å². The maximum Gasteiger partial charge on any atom is 0.319 e. The first-order chi connectivity index (χ1) is 6.15. The molecule has 0 spiro atoms. The molecule has 1 fully saturated rings. The fraction of sp³-hybridized carbons (Fsp3) is 0.889. The minimum Gasteiger partial charge on any atom is -0.393 e. The van der Waals surface area contributed by atoms with Crippen LogP contribution in [0.5, 0.6) is 0 Å². The number of hydrogen-bond acceptors (Lipinski definition) is 2. The van der Waals surface area contributed by atoms with Crippen LogP contribution in [0.15, 0.2) is 0 Å². The number of likely N-dealkylation sites (tertiary alicyclic amines) is 1. The van der Waals surface area contributed by atoms with Gasteiger partial charge >= 0.3 is 6.03 Å². The van der Waals surface area contributed by atoms with Gasteiger partial charge in [-0.1, -0.05) is 0 Å². The molecule has 0 saturated carbocycles. The molecule has 1 rings (SSSR count). The molecule has 1 aliphatic heterocycles. The quantitative estimate of drug-likeness (QED) is 0.648. The van der Waals surface area contributed by atoms with Crippen LogP contribution < -0.4 is 0 Å². The predicted octanol–water partition coefficient (Wildman–Crippen LogP) is 0.515. The Bertz CT molecular complexity index is 176. The first kappa shape index (κ1) is 10.3. The monoisotopic (exact) mass is 186 g/mol. The molecule has 13 heavy (non-hydrogen) atoms. The molecule has 1 heterocycles. The van der Waals surface area contributed by atoms with Gasteiger partial charge in [0.25, 0.3) is 0 Å². The van der Waals surface area contributed by atoms with Crippen LogP contribution in [0.1, 0.15) is 19.8 Å². The van der Waals surface area contributed by atoms with E-state index in [1.165, 1.54) is 0 Å². The van der Waals surface area contributed by atoms with Crippen LogP contribution >= 0.6 is 0 Å². The van der Waals surface area contributed by atoms with E-state index in [2.05, 4.69) is 0 Å². The Kier molecular flexibility index (Phi) is 3.54. The van der Waals surface area contributed by atoms with Gasteiger partial charge in [-0.05, 0) is 19.8 Å². The zero-order valence-corrected chi connectivity index (χ0v) is 8.36. The SMILES string of the molecule is CCN(C)C(=O)N1CCC(O)CC1. The largest absolute Gasteiger partial charge is 0.393 e. The molecule has 1 N–H and O–H groups in total. The number of urea groups is 1. The summed E-state index contributed by atoms with van der Waals surface area (Å²) in [7, 11) is 1.80. The normalized spacial score (nSPS) is 18.8. The Morgan fingerprint density at radius 2 is 2.08 bits per heavy atom. The number of carbonyl (C=O) groups excluding carboxylic acids is 1. The molecule has 0 unspecified atom stereocenters. The van der Waals surface area contributed by atoms with Gasteiger partial charge in [0.2, 0.25) is 0 Å². The Morgan fingerprint density at radius 3 is 2.54 bits per heavy atom. The maximum absolute atomic E-state index is 11.6. The lowest BCUT2D eigenvalue weighted by Crippen LogP contribution is -2.46. The van der Waals surface area contributed by atoms with Crippen LogP contribution in [0.3, 0.4) is 0 Å². The first-order valence-electron chi connectivity index (χ1n) is 4.83. The van der Waals surface area contributed by atoms with Crippen LogP contribution in [-0.4, -0.2) is 53.7 Å². The Balaban J connectivity index is 2.40. The van der Waals surface area contributed by atoms with Crippen molar-refractivity contribution < 1.29 is 9.90 Å². The predicted molar refractivity (Wildman–Crippen MR) is 50.5 cm³/mol. The smallest absolute Gasteiger partial charge is 0.319 e. The molecule has 4 nitrogen and oxygen atoms in total. The summed E-state index contributed by atoms with van der Waals surface area (Å²) < 4.78 is 0. The van der Waals surface area contributed by atoms with Crippen LogP contribution in [0.2, 0.25) is 0 Å². The van der Waals surface area contributed by atoms with Gasteiger partial charge in [-0.25, -0.2) is 4.79 Å². The third-order valence-electron chi connectivity index (χ3n) is 2.54. The van der Waals surface area contributed by atoms with Gasteiger partial charge in [0.05, 0.1) is 6.10 Å². The number of piperidine rings is 1. The summed E-state index contributed by atoms with van der Waals surface area (Å²) in [5.41, 5.74) is 0. The van der Waals surface area contributed by atoms with Crippen molar-refractivity contribution in [3.05, 3.63) is 0 Å². The molecule has 0 aliphatic carbocycles. The van der Waals surface area contributed by atoms with Crippen molar-refractivity contribution in [1.82, 2.24) is 9.80 Å². The Morgan fingerprint density at radius 1 is 1.54 bits per heavy atom. The van der Waals surface area contributed by atoms with Crippen molar-refractivity contribution in [3.63, 3.8) is 0 Å². The lowest BCUT2D eigenvalue weighted by atomic mass is 10.1. The number of carbonyl (C=O) groups is 1. The second kappa shape index (κ2) is 4.46. The van der Waals surface area contributed by atoms with Gasteiger partial charge in [0.1, 0.15) is 0 Å². The van der Waals surface area contributed by atoms with Gasteiger partial charge in [-0.15, -0.1) is 0 Å². The molecular formula is C9H18N2O2. The Hall–Kier alpha value is -0.770. The molecule has 76 valence electrons. The summed E-state index contributed by atoms with van der Waals surface area (Å²) in [6.45, 7) is 4.06. The number of aliphatic hydroxyl groups excluding tert-OH is 1. The number of aliphatic hydroxyl groups is 1. The molecule has 1 saturated heterocycles. The zero-order chi connectivity index (χ0) is 9.84. The van der Waals surface area contributed by atoms with Crippen molar-refractivity contribution in [3.8, 4) is 0 Å². The zero-order valence-electron chi connectivity index (χ0n) is 8.36. The molecule has 0 aromatic rings. The lowest BCUT2D eigenvalue weighted by Gasteiger charge is -2.32. The highest BCUT2D eigenvalue weighted by atomic mass is 16.3. The van der Waals surface area contributed by atoms with Crippen molar-refractivity contribution >= 4 is 6.03 Å². The van der Waals surface area contributed by atoms with Crippen LogP contribution in [0.25, 0.3) is 0 Å². The van der Waals surface area contributed by atoms with Gasteiger partial charge in [0, 0.05) is 26.7 Å². The van der Waals surface area contributed by atoms with E-state index in [1.54, 1.807) is 16.8 Å². The minimum atomic E-state index is -0.212. The number of amides is 2. The highest BCUT2D eigenvalue weighted by molar-refractivity contribution is 5.74. The van der Waals surface area contributed by atoms with E-state index in [0.29, 0.717) is 25.9 Å². The topological polar surface area (TPSA) is 43.8 Å². The fourth-order valence-corrected chi connectivity index (χ4v) is 1.43. The lowest BCUT2D eigenvalue weighted by molar-refractivity contribution is 0.0846. The number of rotatable bonds is 1. The van der Waals surface area contributed by atoms with E-state index in [1.807, 2.05) is 6.92 Å². The summed E-state index contributed by atoms with van der Waals surface area (Å²) in [6.07, 6.45) is 1.21. The van der Waals surface area contributed by atoms with Crippen molar-refractivity contribution in [2.75, 3.05) is 26.7 Å². The third kappa shape index (κ3) is 2.59. The van der Waals surface area contributed by atoms with E-state index in [0.717, 1.165) is 6.54 Å². The van der Waals surface area contributed by atoms with Crippen molar-refractivity contribution in [2.45, 2.75) is 25.9 Å². The highest BCUT2D eigenvalue weighted by Gasteiger charge is 2.22. The molecular weight excluding hydrogens is 168 g/mol. The first-order valence-corrected chi connectivity index (χ1v) is 4.83. The maximum atomic E-state index is 11.6. The molecule has 0 bridgehead atoms. The van der Waals surface area contributed by atoms with Gasteiger partial charge in [-0.2, -0.15) is 0 Å². The van der Waals surface area contributed by atoms with E-state index in [-0.39, 0.29) is 12.1 Å². The summed E-state index contributed by atoms with van der Waals surface area (Å²) in [6, 6.07) is 0.0781. The number of hydrogen-bond donors (Lipinski definition) is 1. The molecule has 0 aromatic carbocycles. The molecule has 0 atom stereocenters. The second-order valence-electron chi connectivity index (χ2n) is 3.51. The van der Waals surface area contributed by atoms with Gasteiger partial charge in [0.15, 0.2) is 0 Å². The molecule has 0 aromatic heterocycles. The third-order valence-corrected chi connectivity index (χ3v) is 2.54. The highest BCUT2D eigenvalue weighted by Crippen LogP contribution is 2.11. The summed E-state index contributed by atoms with van der Waals surface area (Å²) >= 11 is 0. The minimum absolute atomic E-state index is 0.0781. The van der Waals surface area contributed by atoms with Crippen molar-refractivity contribution in [2.24, 2.45) is 0 Å². The molecule has 0 radical (unpaired) electrons. The molecule has 4 heteroatoms. The summed E-state index contributed by atoms with van der Waals surface area (Å²) in [4.78, 5) is 15.1. The van der Waals surface area contributed by atoms with Gasteiger partial charge in [-0.3, -0.25) is 0 Å². The standard InChI is InChI=1S/C9H18N2O2/c1-3-10(2)9(13)11-6-4-8(12)5-7-11/h8,12H,3-7H2,1-2H3. The van der Waals surface area contributed by atoms with Crippen LogP contribution in [0, 0.1) is 0 Å². The molecule has 2 amide bonds. The van der Waals surface area contributed by atoms with Gasteiger partial charge < -0.3 is 14.9 Å². The summed E-state index contributed by atoms with van der Waals surface area (Å²) in [5, 5.41) is 9.25. The molecule has 1 aliphatic rings. The second-order valence-corrected chi connectivity index (χ2v) is 3.51. The Labute approximate surface area is 79.1 Å².